The molecule has 1 aliphatic heterocycles. The molecule has 1 aliphatic rings. The van der Waals surface area contributed by atoms with Crippen LogP contribution in [0.5, 0.6) is 0 Å². The quantitative estimate of drug-likeness (QED) is 0.574. The highest BCUT2D eigenvalue weighted by Crippen LogP contribution is 2.46. The van der Waals surface area contributed by atoms with E-state index in [2.05, 4.69) is 72.1 Å². The molecular formula is C20H18ClN2S+. The number of aromatic nitrogens is 1. The van der Waals surface area contributed by atoms with Gasteiger partial charge in [0, 0.05) is 29.1 Å². The third-order valence-electron chi connectivity index (χ3n) is 4.41. The highest BCUT2D eigenvalue weighted by atomic mass is 35.5. The first-order valence-electron chi connectivity index (χ1n) is 8.01. The van der Waals surface area contributed by atoms with Gasteiger partial charge in [0.25, 0.3) is 0 Å². The predicted octanol–water partition coefficient (Wildman–Crippen LogP) is 5.34. The SMILES string of the molecule is CC[n+]1ccc(/C=C2\Sc3ccc(Cl)cc3N2C)c2ccccc21. The van der Waals surface area contributed by atoms with Gasteiger partial charge >= 0.3 is 0 Å². The number of fused-ring (bicyclic) bond motifs is 2. The summed E-state index contributed by atoms with van der Waals surface area (Å²) < 4.78 is 2.28. The first kappa shape index (κ1) is 15.6. The van der Waals surface area contributed by atoms with E-state index in [-0.39, 0.29) is 0 Å². The number of hydrogen-bond acceptors (Lipinski definition) is 2. The second-order valence-electron chi connectivity index (χ2n) is 5.83. The molecule has 4 rings (SSSR count). The summed E-state index contributed by atoms with van der Waals surface area (Å²) in [6, 6.07) is 16.8. The molecule has 0 N–H and O–H groups in total. The molecule has 4 heteroatoms. The number of thioether (sulfide) groups is 1. The number of anilines is 1. The lowest BCUT2D eigenvalue weighted by Crippen LogP contribution is -2.32. The number of aryl methyl sites for hydroxylation is 1. The molecule has 0 atom stereocenters. The summed E-state index contributed by atoms with van der Waals surface area (Å²) in [7, 11) is 2.10. The highest BCUT2D eigenvalue weighted by Gasteiger charge is 2.22. The molecule has 0 fully saturated rings. The van der Waals surface area contributed by atoms with Crippen molar-refractivity contribution in [1.82, 2.24) is 0 Å². The minimum absolute atomic E-state index is 0.775. The zero-order chi connectivity index (χ0) is 16.7. The molecule has 120 valence electrons. The fourth-order valence-electron chi connectivity index (χ4n) is 3.11. The average Bonchev–Trinajstić information content (AvgIpc) is 2.91. The van der Waals surface area contributed by atoms with Gasteiger partial charge in [-0.1, -0.05) is 35.5 Å². The molecule has 2 aromatic carbocycles. The van der Waals surface area contributed by atoms with Crippen LogP contribution in [-0.4, -0.2) is 7.05 Å². The van der Waals surface area contributed by atoms with Gasteiger partial charge in [0.1, 0.15) is 6.54 Å². The van der Waals surface area contributed by atoms with Gasteiger partial charge in [-0.2, -0.15) is 4.57 Å². The molecular weight excluding hydrogens is 336 g/mol. The number of rotatable bonds is 2. The molecule has 3 aromatic rings. The Kier molecular flexibility index (Phi) is 3.99. The number of hydrogen-bond donors (Lipinski definition) is 0. The van der Waals surface area contributed by atoms with Crippen LogP contribution in [0.4, 0.5) is 5.69 Å². The third kappa shape index (κ3) is 2.58. The van der Waals surface area contributed by atoms with Gasteiger partial charge < -0.3 is 4.90 Å². The minimum atomic E-state index is 0.775. The normalized spacial score (nSPS) is 15.3. The Bertz CT molecular complexity index is 965. The van der Waals surface area contributed by atoms with Crippen LogP contribution in [0.1, 0.15) is 12.5 Å². The smallest absolute Gasteiger partial charge is 0.213 e. The number of benzene rings is 2. The Hall–Kier alpha value is -1.97. The van der Waals surface area contributed by atoms with Crippen molar-refractivity contribution in [3.05, 3.63) is 70.3 Å². The van der Waals surface area contributed by atoms with Crippen molar-refractivity contribution in [3.8, 4) is 0 Å². The zero-order valence-electron chi connectivity index (χ0n) is 13.7. The molecule has 0 radical (unpaired) electrons. The topological polar surface area (TPSA) is 7.12 Å². The van der Waals surface area contributed by atoms with Gasteiger partial charge in [0.2, 0.25) is 5.52 Å². The molecule has 0 spiro atoms. The molecule has 0 unspecified atom stereocenters. The van der Waals surface area contributed by atoms with Crippen LogP contribution in [-0.2, 0) is 6.54 Å². The van der Waals surface area contributed by atoms with Crippen LogP contribution < -0.4 is 9.47 Å². The largest absolute Gasteiger partial charge is 0.338 e. The molecule has 2 heterocycles. The van der Waals surface area contributed by atoms with Crippen LogP contribution in [0.25, 0.3) is 17.0 Å². The molecule has 1 aromatic heterocycles. The van der Waals surface area contributed by atoms with Crippen LogP contribution >= 0.6 is 23.4 Å². The van der Waals surface area contributed by atoms with E-state index < -0.39 is 0 Å². The fraction of sp³-hybridized carbons (Fsp3) is 0.150. The number of para-hydroxylation sites is 1. The van der Waals surface area contributed by atoms with E-state index in [9.17, 15) is 0 Å². The van der Waals surface area contributed by atoms with Crippen molar-refractivity contribution < 1.29 is 4.57 Å². The van der Waals surface area contributed by atoms with Crippen molar-refractivity contribution >= 4 is 46.0 Å². The Balaban J connectivity index is 1.82. The van der Waals surface area contributed by atoms with E-state index in [4.69, 9.17) is 11.6 Å². The lowest BCUT2D eigenvalue weighted by molar-refractivity contribution is -0.667. The van der Waals surface area contributed by atoms with Crippen molar-refractivity contribution in [3.63, 3.8) is 0 Å². The summed E-state index contributed by atoms with van der Waals surface area (Å²) in [6.45, 7) is 3.14. The number of halogens is 1. The van der Waals surface area contributed by atoms with E-state index >= 15 is 0 Å². The molecule has 0 saturated carbocycles. The van der Waals surface area contributed by atoms with E-state index in [0.29, 0.717) is 0 Å². The minimum Gasteiger partial charge on any atom is -0.338 e. The Morgan fingerprint density at radius 2 is 2.00 bits per heavy atom. The molecule has 0 bridgehead atoms. The summed E-state index contributed by atoms with van der Waals surface area (Å²) in [5.74, 6) is 0. The van der Waals surface area contributed by atoms with Crippen LogP contribution in [0.15, 0.2) is 64.7 Å². The van der Waals surface area contributed by atoms with E-state index in [0.717, 1.165) is 11.6 Å². The van der Waals surface area contributed by atoms with Crippen LogP contribution in [0.2, 0.25) is 5.02 Å². The molecule has 24 heavy (non-hydrogen) atoms. The van der Waals surface area contributed by atoms with Crippen molar-refractivity contribution in [2.45, 2.75) is 18.4 Å². The summed E-state index contributed by atoms with van der Waals surface area (Å²) in [5.41, 5.74) is 3.67. The number of nitrogens with zero attached hydrogens (tertiary/aromatic N) is 2. The Morgan fingerprint density at radius 3 is 2.83 bits per heavy atom. The molecule has 0 aliphatic carbocycles. The monoisotopic (exact) mass is 353 g/mol. The van der Waals surface area contributed by atoms with E-state index in [1.807, 2.05) is 12.1 Å². The van der Waals surface area contributed by atoms with Crippen molar-refractivity contribution in [1.29, 1.82) is 0 Å². The van der Waals surface area contributed by atoms with Crippen molar-refractivity contribution in [2.75, 3.05) is 11.9 Å². The maximum Gasteiger partial charge on any atom is 0.213 e. The average molecular weight is 354 g/mol. The number of pyridine rings is 1. The molecule has 0 saturated heterocycles. The maximum atomic E-state index is 6.15. The highest BCUT2D eigenvalue weighted by molar-refractivity contribution is 8.03. The Labute approximate surface area is 151 Å². The van der Waals surface area contributed by atoms with Gasteiger partial charge in [-0.25, -0.2) is 0 Å². The van der Waals surface area contributed by atoms with Crippen molar-refractivity contribution in [2.24, 2.45) is 0 Å². The van der Waals surface area contributed by atoms with Crippen LogP contribution in [0.3, 0.4) is 0 Å². The van der Waals surface area contributed by atoms with E-state index in [1.54, 1.807) is 11.8 Å². The predicted molar refractivity (Wildman–Crippen MR) is 104 cm³/mol. The van der Waals surface area contributed by atoms with Gasteiger partial charge in [-0.05, 0) is 42.8 Å². The second kappa shape index (κ2) is 6.15. The lowest BCUT2D eigenvalue weighted by Gasteiger charge is -2.14. The second-order valence-corrected chi connectivity index (χ2v) is 7.33. The maximum absolute atomic E-state index is 6.15. The van der Waals surface area contributed by atoms with E-state index in [1.165, 1.54) is 32.1 Å². The summed E-state index contributed by atoms with van der Waals surface area (Å²) in [6.07, 6.45) is 4.43. The summed E-state index contributed by atoms with van der Waals surface area (Å²) in [5, 5.41) is 3.26. The third-order valence-corrected chi connectivity index (χ3v) is 5.81. The fourth-order valence-corrected chi connectivity index (χ4v) is 4.36. The first-order chi connectivity index (χ1) is 11.7. The van der Waals surface area contributed by atoms with Gasteiger partial charge in [0.05, 0.1) is 16.1 Å². The molecule has 0 amide bonds. The zero-order valence-corrected chi connectivity index (χ0v) is 15.2. The summed E-state index contributed by atoms with van der Waals surface area (Å²) >= 11 is 7.94. The van der Waals surface area contributed by atoms with Gasteiger partial charge in [0.15, 0.2) is 6.20 Å². The summed E-state index contributed by atoms with van der Waals surface area (Å²) in [4.78, 5) is 3.46. The molecule has 2 nitrogen and oxygen atoms in total. The lowest BCUT2D eigenvalue weighted by atomic mass is 10.1. The van der Waals surface area contributed by atoms with Gasteiger partial charge in [-0.15, -0.1) is 0 Å². The van der Waals surface area contributed by atoms with Crippen LogP contribution in [0, 0.1) is 0 Å². The standard InChI is InChI=1S/C20H18ClN2S/c1-3-23-11-10-14(16-6-4-5-7-17(16)23)12-20-22(2)18-13-15(21)8-9-19(18)24-20/h4-13H,3H2,1-2H3/q+1. The first-order valence-corrected chi connectivity index (χ1v) is 9.21. The Morgan fingerprint density at radius 1 is 1.17 bits per heavy atom. The van der Waals surface area contributed by atoms with Gasteiger partial charge in [-0.3, -0.25) is 0 Å².